The van der Waals surface area contributed by atoms with Crippen molar-refractivity contribution in [2.45, 2.75) is 25.3 Å². The summed E-state index contributed by atoms with van der Waals surface area (Å²) in [4.78, 5) is 33.3. The molecule has 154 valence electrons. The van der Waals surface area contributed by atoms with Crippen molar-refractivity contribution >= 4 is 28.7 Å². The molecule has 0 unspecified atom stereocenters. The zero-order valence-corrected chi connectivity index (χ0v) is 16.5. The summed E-state index contributed by atoms with van der Waals surface area (Å²) in [7, 11) is 1.70. The van der Waals surface area contributed by atoms with Crippen LogP contribution in [-0.4, -0.2) is 38.2 Å². The minimum absolute atomic E-state index is 0.0229. The van der Waals surface area contributed by atoms with Crippen LogP contribution in [0, 0.1) is 11.3 Å². The molecule has 0 bridgehead atoms. The number of aromatic nitrogens is 4. The Kier molecular flexibility index (Phi) is 5.20. The second-order valence-electron chi connectivity index (χ2n) is 7.15. The topological polar surface area (TPSA) is 141 Å². The fourth-order valence-corrected chi connectivity index (χ4v) is 3.74. The summed E-state index contributed by atoms with van der Waals surface area (Å²) in [6.45, 7) is 1.22. The molecule has 3 N–H and O–H groups in total. The molecule has 0 spiro atoms. The van der Waals surface area contributed by atoms with Crippen molar-refractivity contribution in [2.24, 2.45) is 12.8 Å². The molecule has 0 aliphatic carbocycles. The first-order valence-corrected chi connectivity index (χ1v) is 9.58. The lowest BCUT2D eigenvalue weighted by Gasteiger charge is -2.22. The third kappa shape index (κ3) is 3.51. The van der Waals surface area contributed by atoms with Crippen molar-refractivity contribution < 1.29 is 9.53 Å². The summed E-state index contributed by atoms with van der Waals surface area (Å²) >= 11 is 0. The molecule has 0 saturated carbocycles. The first kappa shape index (κ1) is 19.6. The fourth-order valence-electron chi connectivity index (χ4n) is 3.74. The van der Waals surface area contributed by atoms with Crippen molar-refractivity contribution in [2.75, 3.05) is 18.5 Å². The number of nitrogens with two attached hydrogens (primary N) is 1. The Morgan fingerprint density at radius 3 is 2.87 bits per heavy atom. The highest BCUT2D eigenvalue weighted by Crippen LogP contribution is 2.25. The lowest BCUT2D eigenvalue weighted by atomic mass is 10.0. The molecule has 3 heterocycles. The van der Waals surface area contributed by atoms with Gasteiger partial charge in [-0.2, -0.15) is 10.2 Å². The lowest BCUT2D eigenvalue weighted by molar-refractivity contribution is 0.0695. The predicted octanol–water partition coefficient (Wildman–Crippen LogP) is 1.39. The molecular formula is C20H21N7O3. The van der Waals surface area contributed by atoms with E-state index in [-0.39, 0.29) is 18.2 Å². The van der Waals surface area contributed by atoms with Gasteiger partial charge >= 0.3 is 5.69 Å². The van der Waals surface area contributed by atoms with Gasteiger partial charge in [0.25, 0.3) is 0 Å². The molecule has 1 aromatic carbocycles. The van der Waals surface area contributed by atoms with E-state index in [0.717, 1.165) is 12.8 Å². The number of fused-ring (bicyclic) bond motifs is 1. The maximum Gasteiger partial charge on any atom is 0.330 e. The van der Waals surface area contributed by atoms with Crippen LogP contribution in [0.3, 0.4) is 0 Å². The van der Waals surface area contributed by atoms with Gasteiger partial charge in [0.1, 0.15) is 5.52 Å². The van der Waals surface area contributed by atoms with Crippen LogP contribution in [0.5, 0.6) is 0 Å². The largest absolute Gasteiger partial charge is 0.381 e. The number of ether oxygens (including phenoxy) is 1. The van der Waals surface area contributed by atoms with Crippen LogP contribution >= 0.6 is 0 Å². The van der Waals surface area contributed by atoms with Crippen LogP contribution in [-0.2, 0) is 18.2 Å². The van der Waals surface area contributed by atoms with E-state index in [0.29, 0.717) is 47.1 Å². The van der Waals surface area contributed by atoms with Crippen molar-refractivity contribution in [1.29, 1.82) is 5.26 Å². The zero-order valence-electron chi connectivity index (χ0n) is 16.5. The van der Waals surface area contributed by atoms with E-state index in [9.17, 15) is 9.59 Å². The first-order valence-electron chi connectivity index (χ1n) is 9.58. The number of benzene rings is 1. The highest BCUT2D eigenvalue weighted by Gasteiger charge is 2.23. The summed E-state index contributed by atoms with van der Waals surface area (Å²) in [6.07, 6.45) is 3.15. The standard InChI is InChI=1S/C20H21N7O3/c1-26-16-11-23-19(24-13-2-3-15(17(22)28)12(10-13)4-7-21)25-18(16)27(20(26)29)14-5-8-30-9-6-14/h2-3,10-11,14H,4-6,8-9H2,1H3,(H2,22,28)(H,23,24,25). The van der Waals surface area contributed by atoms with E-state index in [1.807, 2.05) is 6.07 Å². The summed E-state index contributed by atoms with van der Waals surface area (Å²) in [5, 5.41) is 12.1. The molecule has 0 atom stereocenters. The van der Waals surface area contributed by atoms with Crippen molar-refractivity contribution in [3.8, 4) is 6.07 Å². The summed E-state index contributed by atoms with van der Waals surface area (Å²) in [5.74, 6) is -0.280. The Balaban J connectivity index is 1.72. The Labute approximate surface area is 171 Å². The molecule has 1 fully saturated rings. The Hall–Kier alpha value is -3.71. The molecule has 4 rings (SSSR count). The van der Waals surface area contributed by atoms with E-state index in [2.05, 4.69) is 15.3 Å². The normalized spacial score (nSPS) is 14.5. The van der Waals surface area contributed by atoms with E-state index >= 15 is 0 Å². The average Bonchev–Trinajstić information content (AvgIpc) is 2.99. The third-order valence-corrected chi connectivity index (χ3v) is 5.28. The Morgan fingerprint density at radius 2 is 2.17 bits per heavy atom. The zero-order chi connectivity index (χ0) is 21.3. The number of carbonyl (C=O) groups excluding carboxylic acids is 1. The number of nitrogens with zero attached hydrogens (tertiary/aromatic N) is 5. The summed E-state index contributed by atoms with van der Waals surface area (Å²) < 4.78 is 8.67. The number of primary amides is 1. The van der Waals surface area contributed by atoms with Gasteiger partial charge in [0.15, 0.2) is 5.65 Å². The van der Waals surface area contributed by atoms with E-state index in [1.165, 1.54) is 0 Å². The van der Waals surface area contributed by atoms with Crippen LogP contribution < -0.4 is 16.7 Å². The second kappa shape index (κ2) is 7.96. The molecular weight excluding hydrogens is 386 g/mol. The van der Waals surface area contributed by atoms with Gasteiger partial charge in [0.05, 0.1) is 18.7 Å². The van der Waals surface area contributed by atoms with Gasteiger partial charge in [-0.05, 0) is 36.6 Å². The number of nitriles is 1. The Morgan fingerprint density at radius 1 is 1.40 bits per heavy atom. The van der Waals surface area contributed by atoms with Crippen molar-refractivity contribution in [3.05, 3.63) is 46.0 Å². The molecule has 0 radical (unpaired) electrons. The van der Waals surface area contributed by atoms with Crippen LogP contribution in [0.1, 0.15) is 34.8 Å². The molecule has 3 aromatic rings. The minimum Gasteiger partial charge on any atom is -0.381 e. The smallest absolute Gasteiger partial charge is 0.330 e. The monoisotopic (exact) mass is 407 g/mol. The highest BCUT2D eigenvalue weighted by molar-refractivity contribution is 5.95. The molecule has 1 aliphatic heterocycles. The molecule has 30 heavy (non-hydrogen) atoms. The minimum atomic E-state index is -0.589. The van der Waals surface area contributed by atoms with Crippen molar-refractivity contribution in [3.63, 3.8) is 0 Å². The number of hydrogen-bond donors (Lipinski definition) is 2. The number of aryl methyl sites for hydroxylation is 1. The van der Waals surface area contributed by atoms with Crippen LogP contribution in [0.25, 0.3) is 11.2 Å². The van der Waals surface area contributed by atoms with Crippen LogP contribution in [0.2, 0.25) is 0 Å². The predicted molar refractivity (Wildman–Crippen MR) is 109 cm³/mol. The third-order valence-electron chi connectivity index (χ3n) is 5.28. The van der Waals surface area contributed by atoms with Gasteiger partial charge in [-0.15, -0.1) is 0 Å². The highest BCUT2D eigenvalue weighted by atomic mass is 16.5. The van der Waals surface area contributed by atoms with Gasteiger partial charge < -0.3 is 15.8 Å². The van der Waals surface area contributed by atoms with Crippen LogP contribution in [0.15, 0.2) is 29.2 Å². The van der Waals surface area contributed by atoms with Gasteiger partial charge in [0.2, 0.25) is 11.9 Å². The maximum atomic E-state index is 12.8. The van der Waals surface area contributed by atoms with Gasteiger partial charge in [0, 0.05) is 37.6 Å². The maximum absolute atomic E-state index is 12.8. The summed E-state index contributed by atoms with van der Waals surface area (Å²) in [6, 6.07) is 6.96. The van der Waals surface area contributed by atoms with Gasteiger partial charge in [-0.25, -0.2) is 9.78 Å². The number of amides is 1. The van der Waals surface area contributed by atoms with Gasteiger partial charge in [-0.3, -0.25) is 13.9 Å². The fraction of sp³-hybridized carbons (Fsp3) is 0.350. The molecule has 10 nitrogen and oxygen atoms in total. The number of nitrogens with one attached hydrogen (secondary N) is 1. The molecule has 1 aliphatic rings. The quantitative estimate of drug-likeness (QED) is 0.651. The Bertz CT molecular complexity index is 1220. The number of hydrogen-bond acceptors (Lipinski definition) is 7. The SMILES string of the molecule is Cn1c(=O)n(C2CCOCC2)c2nc(Nc3ccc(C(N)=O)c(CC#N)c3)ncc21. The van der Waals surface area contributed by atoms with E-state index < -0.39 is 5.91 Å². The molecule has 1 saturated heterocycles. The molecule has 2 aromatic heterocycles. The number of carbonyl (C=O) groups is 1. The number of anilines is 2. The lowest BCUT2D eigenvalue weighted by Crippen LogP contribution is -2.30. The number of rotatable bonds is 5. The summed E-state index contributed by atoms with van der Waals surface area (Å²) in [5.41, 5.74) is 7.88. The second-order valence-corrected chi connectivity index (χ2v) is 7.15. The van der Waals surface area contributed by atoms with Crippen LogP contribution in [0.4, 0.5) is 11.6 Å². The first-order chi connectivity index (χ1) is 14.5. The van der Waals surface area contributed by atoms with E-state index in [4.69, 9.17) is 15.7 Å². The number of imidazole rings is 1. The van der Waals surface area contributed by atoms with Crippen molar-refractivity contribution in [1.82, 2.24) is 19.1 Å². The molecule has 1 amide bonds. The molecule has 10 heteroatoms. The van der Waals surface area contributed by atoms with Gasteiger partial charge in [-0.1, -0.05) is 0 Å². The average molecular weight is 407 g/mol. The van der Waals surface area contributed by atoms with E-state index in [1.54, 1.807) is 40.6 Å².